The molecule has 0 aliphatic rings. The van der Waals surface area contributed by atoms with Crippen LogP contribution in [-0.2, 0) is 11.3 Å². The molecule has 0 saturated carbocycles. The van der Waals surface area contributed by atoms with Crippen molar-refractivity contribution < 1.29 is 4.74 Å². The lowest BCUT2D eigenvalue weighted by Crippen LogP contribution is -2.16. The lowest BCUT2D eigenvalue weighted by molar-refractivity contribution is 0.181. The van der Waals surface area contributed by atoms with Crippen LogP contribution < -0.4 is 5.32 Å². The molecule has 0 atom stereocenters. The van der Waals surface area contributed by atoms with Crippen molar-refractivity contribution in [3.05, 3.63) is 60.5 Å². The average Bonchev–Trinajstić information content (AvgIpc) is 2.25. The van der Waals surface area contributed by atoms with Crippen molar-refractivity contribution in [1.82, 2.24) is 5.32 Å². The fourth-order valence-electron chi connectivity index (χ4n) is 1.05. The van der Waals surface area contributed by atoms with E-state index in [1.807, 2.05) is 37.3 Å². The van der Waals surface area contributed by atoms with E-state index < -0.39 is 0 Å². The fourth-order valence-corrected chi connectivity index (χ4v) is 1.05. The van der Waals surface area contributed by atoms with Crippen LogP contribution >= 0.6 is 0 Å². The molecular formula is C13H17NO. The van der Waals surface area contributed by atoms with Gasteiger partial charge in [0, 0.05) is 6.54 Å². The number of hydrogen-bond donors (Lipinski definition) is 1. The van der Waals surface area contributed by atoms with Gasteiger partial charge in [-0.05, 0) is 19.1 Å². The molecule has 0 unspecified atom stereocenters. The Morgan fingerprint density at radius 1 is 1.27 bits per heavy atom. The summed E-state index contributed by atoms with van der Waals surface area (Å²) in [7, 11) is 0. The topological polar surface area (TPSA) is 21.3 Å². The first-order valence-electron chi connectivity index (χ1n) is 4.92. The highest BCUT2D eigenvalue weighted by Gasteiger charge is 1.95. The third kappa shape index (κ3) is 4.91. The zero-order valence-electron chi connectivity index (χ0n) is 9.12. The summed E-state index contributed by atoms with van der Waals surface area (Å²) in [5.41, 5.74) is 2.19. The summed E-state index contributed by atoms with van der Waals surface area (Å²) in [6, 6.07) is 10.0. The minimum absolute atomic E-state index is 0.545. The highest BCUT2D eigenvalue weighted by molar-refractivity contribution is 5.13. The van der Waals surface area contributed by atoms with Gasteiger partial charge in [0.2, 0.25) is 0 Å². The highest BCUT2D eigenvalue weighted by atomic mass is 16.5. The van der Waals surface area contributed by atoms with E-state index in [0.717, 1.165) is 11.1 Å². The first-order valence-corrected chi connectivity index (χ1v) is 4.92. The van der Waals surface area contributed by atoms with Gasteiger partial charge in [0.05, 0.1) is 0 Å². The van der Waals surface area contributed by atoms with Crippen molar-refractivity contribution in [2.24, 2.45) is 0 Å². The Morgan fingerprint density at radius 3 is 2.53 bits per heavy atom. The van der Waals surface area contributed by atoms with Crippen LogP contribution in [0.4, 0.5) is 0 Å². The van der Waals surface area contributed by atoms with Gasteiger partial charge in [-0.15, -0.1) is 0 Å². The first kappa shape index (κ1) is 11.4. The van der Waals surface area contributed by atoms with Gasteiger partial charge in [0.25, 0.3) is 0 Å². The maximum Gasteiger partial charge on any atom is 0.179 e. The van der Waals surface area contributed by atoms with Gasteiger partial charge in [-0.25, -0.2) is 0 Å². The Balaban J connectivity index is 2.26. The molecule has 1 aromatic carbocycles. The molecular weight excluding hydrogens is 186 g/mol. The number of hydrogen-bond acceptors (Lipinski definition) is 2. The molecule has 2 heteroatoms. The Morgan fingerprint density at radius 2 is 1.93 bits per heavy atom. The monoisotopic (exact) mass is 203 g/mol. The third-order valence-electron chi connectivity index (χ3n) is 1.84. The van der Waals surface area contributed by atoms with E-state index >= 15 is 0 Å². The summed E-state index contributed by atoms with van der Waals surface area (Å²) < 4.78 is 5.43. The lowest BCUT2D eigenvalue weighted by atomic mass is 10.2. The van der Waals surface area contributed by atoms with Crippen LogP contribution in [-0.4, -0.2) is 6.54 Å². The van der Waals surface area contributed by atoms with Crippen LogP contribution in [0.15, 0.2) is 54.9 Å². The van der Waals surface area contributed by atoms with Crippen molar-refractivity contribution in [3.8, 4) is 0 Å². The number of benzene rings is 1. The number of ether oxygens (including phenoxy) is 1. The van der Waals surface area contributed by atoms with Gasteiger partial charge in [-0.3, -0.25) is 0 Å². The molecule has 1 aromatic rings. The molecule has 0 amide bonds. The van der Waals surface area contributed by atoms with Crippen molar-refractivity contribution >= 4 is 0 Å². The van der Waals surface area contributed by atoms with Crippen LogP contribution in [0, 0.1) is 0 Å². The zero-order valence-corrected chi connectivity index (χ0v) is 9.12. The van der Waals surface area contributed by atoms with E-state index in [0.29, 0.717) is 19.0 Å². The molecule has 0 heterocycles. The van der Waals surface area contributed by atoms with Crippen LogP contribution in [0.2, 0.25) is 0 Å². The average molecular weight is 203 g/mol. The Bertz CT molecular complexity index is 330. The summed E-state index contributed by atoms with van der Waals surface area (Å²) in [4.78, 5) is 0. The molecule has 80 valence electrons. The minimum Gasteiger partial charge on any atom is -0.475 e. The quantitative estimate of drug-likeness (QED) is 0.567. The van der Waals surface area contributed by atoms with Crippen LogP contribution in [0.3, 0.4) is 0 Å². The molecule has 2 nitrogen and oxygen atoms in total. The number of rotatable bonds is 6. The summed E-state index contributed by atoms with van der Waals surface area (Å²) in [6.07, 6.45) is 0. The van der Waals surface area contributed by atoms with Gasteiger partial charge >= 0.3 is 0 Å². The standard InChI is InChI=1S/C13H17NO/c1-11(2)9-14-12(3)15-10-13-7-5-4-6-8-13/h4-8,14H,1,3,9-10H2,2H3. The van der Waals surface area contributed by atoms with Gasteiger partial charge in [-0.1, -0.05) is 42.5 Å². The van der Waals surface area contributed by atoms with Gasteiger partial charge in [-0.2, -0.15) is 0 Å². The van der Waals surface area contributed by atoms with Crippen LogP contribution in [0.1, 0.15) is 12.5 Å². The molecule has 0 aliphatic carbocycles. The summed E-state index contributed by atoms with van der Waals surface area (Å²) in [5, 5.41) is 3.04. The van der Waals surface area contributed by atoms with E-state index in [2.05, 4.69) is 18.5 Å². The maximum atomic E-state index is 5.43. The van der Waals surface area contributed by atoms with E-state index in [4.69, 9.17) is 4.74 Å². The lowest BCUT2D eigenvalue weighted by Gasteiger charge is -2.11. The molecule has 0 aromatic heterocycles. The van der Waals surface area contributed by atoms with Crippen LogP contribution in [0.5, 0.6) is 0 Å². The van der Waals surface area contributed by atoms with Crippen molar-refractivity contribution in [3.63, 3.8) is 0 Å². The first-order chi connectivity index (χ1) is 7.18. The molecule has 1 rings (SSSR count). The zero-order chi connectivity index (χ0) is 11.1. The summed E-state index contributed by atoms with van der Waals surface area (Å²) in [6.45, 7) is 10.8. The second-order valence-corrected chi connectivity index (χ2v) is 3.51. The third-order valence-corrected chi connectivity index (χ3v) is 1.84. The Labute approximate surface area is 91.3 Å². The molecule has 0 saturated heterocycles. The van der Waals surface area contributed by atoms with Crippen molar-refractivity contribution in [1.29, 1.82) is 0 Å². The second kappa shape index (κ2) is 5.91. The predicted molar refractivity (Wildman–Crippen MR) is 63.2 cm³/mol. The molecule has 15 heavy (non-hydrogen) atoms. The van der Waals surface area contributed by atoms with Gasteiger partial charge in [0.15, 0.2) is 5.88 Å². The van der Waals surface area contributed by atoms with E-state index in [1.54, 1.807) is 0 Å². The van der Waals surface area contributed by atoms with Crippen molar-refractivity contribution in [2.45, 2.75) is 13.5 Å². The second-order valence-electron chi connectivity index (χ2n) is 3.51. The summed E-state index contributed by atoms with van der Waals surface area (Å²) in [5.74, 6) is 0.585. The molecule has 1 N–H and O–H groups in total. The molecule has 0 spiro atoms. The number of nitrogens with one attached hydrogen (secondary N) is 1. The van der Waals surface area contributed by atoms with E-state index in [1.165, 1.54) is 0 Å². The van der Waals surface area contributed by atoms with E-state index in [-0.39, 0.29) is 0 Å². The largest absolute Gasteiger partial charge is 0.475 e. The molecule has 0 bridgehead atoms. The SMILES string of the molecule is C=C(C)CNC(=C)OCc1ccccc1. The van der Waals surface area contributed by atoms with Crippen LogP contribution in [0.25, 0.3) is 0 Å². The van der Waals surface area contributed by atoms with Gasteiger partial charge < -0.3 is 10.1 Å². The Kier molecular flexibility index (Phi) is 4.48. The van der Waals surface area contributed by atoms with E-state index in [9.17, 15) is 0 Å². The predicted octanol–water partition coefficient (Wildman–Crippen LogP) is 2.84. The molecule has 0 radical (unpaired) electrons. The maximum absolute atomic E-state index is 5.43. The van der Waals surface area contributed by atoms with Crippen molar-refractivity contribution in [2.75, 3.05) is 6.54 Å². The fraction of sp³-hybridized carbons (Fsp3) is 0.231. The minimum atomic E-state index is 0.545. The summed E-state index contributed by atoms with van der Waals surface area (Å²) >= 11 is 0. The smallest absolute Gasteiger partial charge is 0.179 e. The molecule has 0 fully saturated rings. The van der Waals surface area contributed by atoms with Gasteiger partial charge in [0.1, 0.15) is 6.61 Å². The molecule has 0 aliphatic heterocycles. The normalized spacial score (nSPS) is 9.40. The highest BCUT2D eigenvalue weighted by Crippen LogP contribution is 2.02. The Hall–Kier alpha value is -1.70.